The first kappa shape index (κ1) is 21.6. The second-order valence-corrected chi connectivity index (χ2v) is 7.59. The molecule has 1 aromatic heterocycles. The maximum Gasteiger partial charge on any atom is 0.191 e. The average Bonchev–Trinajstić information content (AvgIpc) is 3.10. The van der Waals surface area contributed by atoms with Gasteiger partial charge in [-0.1, -0.05) is 20.8 Å². The smallest absolute Gasteiger partial charge is 0.191 e. The van der Waals surface area contributed by atoms with Crippen molar-refractivity contribution >= 4 is 5.96 Å². The highest BCUT2D eigenvalue weighted by Crippen LogP contribution is 2.14. The molecule has 0 aliphatic carbocycles. The van der Waals surface area contributed by atoms with Crippen molar-refractivity contribution in [3.8, 4) is 0 Å². The lowest BCUT2D eigenvalue weighted by Crippen LogP contribution is -2.52. The number of hydrogen-bond acceptors (Lipinski definition) is 5. The number of hydrogen-bond donors (Lipinski definition) is 2. The van der Waals surface area contributed by atoms with Gasteiger partial charge >= 0.3 is 0 Å². The van der Waals surface area contributed by atoms with E-state index in [9.17, 15) is 0 Å². The summed E-state index contributed by atoms with van der Waals surface area (Å²) in [5.74, 6) is 2.50. The topological polar surface area (TPSA) is 73.6 Å². The molecule has 1 saturated heterocycles. The lowest BCUT2D eigenvalue weighted by molar-refractivity contribution is 0.0925. The monoisotopic (exact) mass is 378 g/mol. The molecule has 1 fully saturated rings. The van der Waals surface area contributed by atoms with Crippen LogP contribution in [-0.2, 0) is 13.0 Å². The Balaban J connectivity index is 1.89. The molecule has 27 heavy (non-hydrogen) atoms. The van der Waals surface area contributed by atoms with Crippen LogP contribution >= 0.6 is 0 Å². The molecule has 2 N–H and O–H groups in total. The number of guanidine groups is 1. The molecular weight excluding hydrogens is 340 g/mol. The van der Waals surface area contributed by atoms with Crippen LogP contribution in [0, 0.1) is 5.92 Å². The molecule has 0 amide bonds. The zero-order chi connectivity index (χ0) is 19.6. The fourth-order valence-corrected chi connectivity index (χ4v) is 3.46. The largest absolute Gasteiger partial charge is 0.357 e. The minimum absolute atomic E-state index is 0.485. The summed E-state index contributed by atoms with van der Waals surface area (Å²) in [6, 6.07) is 0.485. The number of rotatable bonds is 9. The predicted octanol–water partition coefficient (Wildman–Crippen LogP) is 0.668. The van der Waals surface area contributed by atoms with Crippen LogP contribution in [0.25, 0.3) is 0 Å². The normalized spacial score (nSPS) is 18.1. The van der Waals surface area contributed by atoms with Gasteiger partial charge < -0.3 is 20.1 Å². The molecule has 2 rings (SSSR count). The van der Waals surface area contributed by atoms with E-state index in [0.717, 1.165) is 70.6 Å². The molecule has 0 bridgehead atoms. The fourth-order valence-electron chi connectivity index (χ4n) is 3.46. The molecule has 1 atom stereocenters. The minimum atomic E-state index is 0.485. The number of nitrogens with zero attached hydrogens (tertiary/aromatic N) is 6. The van der Waals surface area contributed by atoms with E-state index in [-0.39, 0.29) is 0 Å². The third kappa shape index (κ3) is 6.77. The van der Waals surface area contributed by atoms with Crippen LogP contribution in [0.5, 0.6) is 0 Å². The van der Waals surface area contributed by atoms with Gasteiger partial charge in [0.15, 0.2) is 5.96 Å². The zero-order valence-electron chi connectivity index (χ0n) is 17.8. The van der Waals surface area contributed by atoms with Crippen LogP contribution in [0.4, 0.5) is 0 Å². The highest BCUT2D eigenvalue weighted by Gasteiger charge is 2.24. The summed E-state index contributed by atoms with van der Waals surface area (Å²) in [4.78, 5) is 9.89. The van der Waals surface area contributed by atoms with E-state index in [2.05, 4.69) is 69.9 Å². The van der Waals surface area contributed by atoms with Crippen molar-refractivity contribution in [1.29, 1.82) is 0 Å². The van der Waals surface area contributed by atoms with E-state index < -0.39 is 0 Å². The van der Waals surface area contributed by atoms with Crippen molar-refractivity contribution in [2.75, 3.05) is 52.9 Å². The van der Waals surface area contributed by atoms with Crippen molar-refractivity contribution in [3.05, 3.63) is 12.2 Å². The molecule has 154 valence electrons. The van der Waals surface area contributed by atoms with Crippen LogP contribution in [0.1, 0.15) is 33.5 Å². The first-order valence-corrected chi connectivity index (χ1v) is 10.4. The number of piperazine rings is 1. The first-order valence-electron chi connectivity index (χ1n) is 10.4. The molecule has 1 aliphatic rings. The molecule has 1 unspecified atom stereocenters. The van der Waals surface area contributed by atoms with E-state index in [1.54, 1.807) is 6.33 Å². The summed E-state index contributed by atoms with van der Waals surface area (Å²) in [7, 11) is 2.20. The van der Waals surface area contributed by atoms with E-state index in [1.807, 2.05) is 0 Å². The third-order valence-electron chi connectivity index (χ3n) is 5.21. The summed E-state index contributed by atoms with van der Waals surface area (Å²) in [6.45, 7) is 16.7. The predicted molar refractivity (Wildman–Crippen MR) is 111 cm³/mol. The van der Waals surface area contributed by atoms with Gasteiger partial charge in [-0.2, -0.15) is 0 Å². The van der Waals surface area contributed by atoms with E-state index in [4.69, 9.17) is 4.99 Å². The highest BCUT2D eigenvalue weighted by molar-refractivity contribution is 5.79. The molecule has 0 radical (unpaired) electrons. The summed E-state index contributed by atoms with van der Waals surface area (Å²) in [5.41, 5.74) is 0. The number of nitrogens with one attached hydrogen (secondary N) is 2. The van der Waals surface area contributed by atoms with Crippen molar-refractivity contribution in [2.24, 2.45) is 10.9 Å². The van der Waals surface area contributed by atoms with Gasteiger partial charge in [-0.15, -0.1) is 10.2 Å². The van der Waals surface area contributed by atoms with Gasteiger partial charge in [0, 0.05) is 58.3 Å². The summed E-state index contributed by atoms with van der Waals surface area (Å²) in [5, 5.41) is 14.9. The quantitative estimate of drug-likeness (QED) is 0.486. The fraction of sp³-hybridized carbons (Fsp3) is 0.842. The van der Waals surface area contributed by atoms with Crippen LogP contribution in [0.3, 0.4) is 0 Å². The number of aromatic nitrogens is 3. The Labute approximate surface area is 164 Å². The summed E-state index contributed by atoms with van der Waals surface area (Å²) >= 11 is 0. The lowest BCUT2D eigenvalue weighted by Gasteiger charge is -2.39. The zero-order valence-corrected chi connectivity index (χ0v) is 17.8. The molecule has 2 heterocycles. The molecule has 8 nitrogen and oxygen atoms in total. The molecule has 1 aromatic rings. The second kappa shape index (κ2) is 11.2. The van der Waals surface area contributed by atoms with Crippen LogP contribution in [0.2, 0.25) is 0 Å². The Morgan fingerprint density at radius 1 is 1.19 bits per heavy atom. The molecular formula is C19H38N8. The minimum Gasteiger partial charge on any atom is -0.357 e. The Kier molecular flexibility index (Phi) is 9.00. The Hall–Kier alpha value is -1.67. The molecule has 8 heteroatoms. The summed E-state index contributed by atoms with van der Waals surface area (Å²) in [6.07, 6.45) is 2.70. The Bertz CT molecular complexity index is 560. The van der Waals surface area contributed by atoms with Crippen LogP contribution in [0.15, 0.2) is 11.3 Å². The van der Waals surface area contributed by atoms with Crippen LogP contribution < -0.4 is 10.6 Å². The van der Waals surface area contributed by atoms with Gasteiger partial charge in [-0.25, -0.2) is 0 Å². The molecule has 0 aromatic carbocycles. The van der Waals surface area contributed by atoms with Gasteiger partial charge in [-0.05, 0) is 19.9 Å². The van der Waals surface area contributed by atoms with Crippen molar-refractivity contribution < 1.29 is 0 Å². The van der Waals surface area contributed by atoms with Gasteiger partial charge in [0.2, 0.25) is 0 Å². The van der Waals surface area contributed by atoms with Gasteiger partial charge in [0.1, 0.15) is 12.2 Å². The van der Waals surface area contributed by atoms with E-state index in [1.165, 1.54) is 0 Å². The Morgan fingerprint density at radius 2 is 1.93 bits per heavy atom. The highest BCUT2D eigenvalue weighted by atomic mass is 15.3. The lowest BCUT2D eigenvalue weighted by atomic mass is 10.0. The average molecular weight is 379 g/mol. The van der Waals surface area contributed by atoms with Crippen LogP contribution in [-0.4, -0.2) is 89.4 Å². The van der Waals surface area contributed by atoms with Crippen molar-refractivity contribution in [2.45, 2.75) is 46.7 Å². The molecule has 0 spiro atoms. The Morgan fingerprint density at radius 3 is 2.56 bits per heavy atom. The number of aliphatic imine (C=N–C) groups is 1. The number of likely N-dealkylation sites (N-methyl/N-ethyl adjacent to an activating group) is 1. The van der Waals surface area contributed by atoms with Gasteiger partial charge in [0.25, 0.3) is 0 Å². The first-order chi connectivity index (χ1) is 13.0. The third-order valence-corrected chi connectivity index (χ3v) is 5.21. The SMILES string of the molecule is CCNC(=NCC(C(C)C)N1CCN(C)CC1)NCCn1cnnc1CC. The van der Waals surface area contributed by atoms with Gasteiger partial charge in [-0.3, -0.25) is 9.89 Å². The second-order valence-electron chi connectivity index (χ2n) is 7.59. The summed E-state index contributed by atoms with van der Waals surface area (Å²) < 4.78 is 2.09. The standard InChI is InChI=1S/C19H38N8/c1-6-18-24-23-15-27(18)9-8-21-19(20-7-2)22-14-17(16(3)4)26-12-10-25(5)11-13-26/h15-17H,6-14H2,1-5H3,(H2,20,21,22). The van der Waals surface area contributed by atoms with E-state index >= 15 is 0 Å². The molecule has 0 saturated carbocycles. The van der Waals surface area contributed by atoms with Crippen molar-refractivity contribution in [3.63, 3.8) is 0 Å². The van der Waals surface area contributed by atoms with Crippen molar-refractivity contribution in [1.82, 2.24) is 35.2 Å². The van der Waals surface area contributed by atoms with Gasteiger partial charge in [0.05, 0.1) is 6.54 Å². The van der Waals surface area contributed by atoms with E-state index in [0.29, 0.717) is 12.0 Å². The number of aryl methyl sites for hydroxylation is 1. The molecule has 1 aliphatic heterocycles. The maximum atomic E-state index is 4.89. The maximum absolute atomic E-state index is 4.89.